The molecule has 2 aromatic carbocycles. The van der Waals surface area contributed by atoms with Gasteiger partial charge in [-0.05, 0) is 41.9 Å². The fourth-order valence-electron chi connectivity index (χ4n) is 2.11. The molecule has 0 saturated carbocycles. The van der Waals surface area contributed by atoms with Crippen LogP contribution >= 0.6 is 23.8 Å². The number of halogens is 4. The minimum atomic E-state index is -4.47. The van der Waals surface area contributed by atoms with Crippen molar-refractivity contribution in [1.29, 1.82) is 0 Å². The van der Waals surface area contributed by atoms with Crippen molar-refractivity contribution >= 4 is 28.9 Å². The van der Waals surface area contributed by atoms with Gasteiger partial charge in [0, 0.05) is 13.1 Å². The van der Waals surface area contributed by atoms with E-state index in [4.69, 9.17) is 23.8 Å². The Balaban J connectivity index is 1.81. The third kappa shape index (κ3) is 5.69. The molecule has 2 aromatic rings. The molecule has 0 saturated heterocycles. The largest absolute Gasteiger partial charge is 0.417 e. The van der Waals surface area contributed by atoms with Crippen LogP contribution in [-0.4, -0.2) is 11.7 Å². The van der Waals surface area contributed by atoms with E-state index in [1.165, 1.54) is 17.7 Å². The van der Waals surface area contributed by atoms with E-state index in [-0.39, 0.29) is 11.6 Å². The Morgan fingerprint density at radius 2 is 1.71 bits per heavy atom. The normalized spacial score (nSPS) is 11.2. The van der Waals surface area contributed by atoms with Gasteiger partial charge in [0.2, 0.25) is 0 Å². The minimum Gasteiger partial charge on any atom is -0.362 e. The number of alkyl halides is 3. The third-order valence-electron chi connectivity index (χ3n) is 3.33. The predicted octanol–water partition coefficient (Wildman–Crippen LogP) is 4.57. The van der Waals surface area contributed by atoms with Crippen LogP contribution in [0.1, 0.15) is 16.7 Å². The van der Waals surface area contributed by atoms with Crippen LogP contribution in [0.4, 0.5) is 13.2 Å². The van der Waals surface area contributed by atoms with E-state index in [2.05, 4.69) is 10.6 Å². The minimum absolute atomic E-state index is 0.192. The van der Waals surface area contributed by atoms with Crippen molar-refractivity contribution in [2.24, 2.45) is 0 Å². The molecular formula is C17H16ClF3N2S. The number of hydrogen-bond acceptors (Lipinski definition) is 1. The zero-order valence-corrected chi connectivity index (χ0v) is 14.2. The van der Waals surface area contributed by atoms with Crippen molar-refractivity contribution in [3.8, 4) is 0 Å². The zero-order chi connectivity index (χ0) is 17.6. The van der Waals surface area contributed by atoms with E-state index in [1.54, 1.807) is 0 Å². The Morgan fingerprint density at radius 1 is 1.00 bits per heavy atom. The van der Waals surface area contributed by atoms with Crippen LogP contribution in [0.2, 0.25) is 5.02 Å². The highest BCUT2D eigenvalue weighted by atomic mass is 35.5. The molecule has 0 aromatic heterocycles. The molecule has 24 heavy (non-hydrogen) atoms. The second kappa shape index (κ2) is 8.35. The lowest BCUT2D eigenvalue weighted by Gasteiger charge is -2.13. The summed E-state index contributed by atoms with van der Waals surface area (Å²) in [4.78, 5) is 0. The maximum absolute atomic E-state index is 12.8. The Labute approximate surface area is 149 Å². The molecule has 0 fully saturated rings. The van der Waals surface area contributed by atoms with Gasteiger partial charge in [-0.1, -0.05) is 48.0 Å². The Bertz CT molecular complexity index is 690. The molecule has 128 valence electrons. The Kier molecular flexibility index (Phi) is 6.45. The fraction of sp³-hybridized carbons (Fsp3) is 0.235. The van der Waals surface area contributed by atoms with Gasteiger partial charge in [-0.3, -0.25) is 0 Å². The number of hydrogen-bond donors (Lipinski definition) is 2. The summed E-state index contributed by atoms with van der Waals surface area (Å²) in [5, 5.41) is 6.01. The van der Waals surface area contributed by atoms with Crippen molar-refractivity contribution in [2.75, 3.05) is 6.54 Å². The second-order valence-electron chi connectivity index (χ2n) is 5.16. The van der Waals surface area contributed by atoms with Crippen molar-refractivity contribution in [1.82, 2.24) is 10.6 Å². The van der Waals surface area contributed by atoms with Gasteiger partial charge in [0.1, 0.15) is 0 Å². The molecule has 0 radical (unpaired) electrons. The first-order valence-corrected chi connectivity index (χ1v) is 8.06. The second-order valence-corrected chi connectivity index (χ2v) is 5.97. The maximum Gasteiger partial charge on any atom is 0.417 e. The van der Waals surface area contributed by atoms with Crippen LogP contribution in [0.25, 0.3) is 0 Å². The molecule has 2 rings (SSSR count). The van der Waals surface area contributed by atoms with Gasteiger partial charge in [0.05, 0.1) is 10.6 Å². The van der Waals surface area contributed by atoms with Gasteiger partial charge in [-0.2, -0.15) is 13.2 Å². The lowest BCUT2D eigenvalue weighted by molar-refractivity contribution is -0.137. The van der Waals surface area contributed by atoms with E-state index in [0.29, 0.717) is 17.2 Å². The van der Waals surface area contributed by atoms with E-state index in [1.807, 2.05) is 30.3 Å². The Morgan fingerprint density at radius 3 is 2.38 bits per heavy atom. The lowest BCUT2D eigenvalue weighted by atomic mass is 10.1. The predicted molar refractivity (Wildman–Crippen MR) is 94.0 cm³/mol. The van der Waals surface area contributed by atoms with E-state index in [0.717, 1.165) is 12.5 Å². The van der Waals surface area contributed by atoms with Crippen molar-refractivity contribution in [3.05, 3.63) is 70.2 Å². The van der Waals surface area contributed by atoms with Crippen LogP contribution in [-0.2, 0) is 19.1 Å². The summed E-state index contributed by atoms with van der Waals surface area (Å²) in [5.74, 6) is 0. The van der Waals surface area contributed by atoms with Gasteiger partial charge >= 0.3 is 6.18 Å². The molecule has 0 aliphatic heterocycles. The molecule has 2 N–H and O–H groups in total. The molecule has 0 amide bonds. The number of benzene rings is 2. The maximum atomic E-state index is 12.8. The molecule has 0 unspecified atom stereocenters. The SMILES string of the molecule is FC(F)(F)c1cc(CNC(=S)NCCc2ccccc2)ccc1Cl. The van der Waals surface area contributed by atoms with Crippen LogP contribution in [0, 0.1) is 0 Å². The summed E-state index contributed by atoms with van der Waals surface area (Å²) in [5.41, 5.74) is 0.797. The van der Waals surface area contributed by atoms with Gasteiger partial charge in [0.25, 0.3) is 0 Å². The van der Waals surface area contributed by atoms with Crippen LogP contribution in [0.15, 0.2) is 48.5 Å². The summed E-state index contributed by atoms with van der Waals surface area (Å²) >= 11 is 10.7. The summed E-state index contributed by atoms with van der Waals surface area (Å²) in [7, 11) is 0. The molecule has 7 heteroatoms. The number of rotatable bonds is 5. The monoisotopic (exact) mass is 372 g/mol. The molecule has 0 atom stereocenters. The molecular weight excluding hydrogens is 357 g/mol. The van der Waals surface area contributed by atoms with Gasteiger partial charge in [-0.25, -0.2) is 0 Å². The molecule has 2 nitrogen and oxygen atoms in total. The number of nitrogens with one attached hydrogen (secondary N) is 2. The third-order valence-corrected chi connectivity index (χ3v) is 3.95. The average Bonchev–Trinajstić information content (AvgIpc) is 2.54. The topological polar surface area (TPSA) is 24.1 Å². The summed E-state index contributed by atoms with van der Waals surface area (Å²) in [6.45, 7) is 0.835. The van der Waals surface area contributed by atoms with E-state index >= 15 is 0 Å². The highest BCUT2D eigenvalue weighted by molar-refractivity contribution is 7.80. The van der Waals surface area contributed by atoms with E-state index in [9.17, 15) is 13.2 Å². The molecule has 0 heterocycles. The van der Waals surface area contributed by atoms with Crippen molar-refractivity contribution in [3.63, 3.8) is 0 Å². The molecule has 0 bridgehead atoms. The number of thiocarbonyl (C=S) groups is 1. The highest BCUT2D eigenvalue weighted by Crippen LogP contribution is 2.35. The van der Waals surface area contributed by atoms with Crippen LogP contribution < -0.4 is 10.6 Å². The van der Waals surface area contributed by atoms with Crippen LogP contribution in [0.3, 0.4) is 0 Å². The molecule has 0 aliphatic carbocycles. The van der Waals surface area contributed by atoms with E-state index < -0.39 is 11.7 Å². The lowest BCUT2D eigenvalue weighted by Crippen LogP contribution is -2.35. The average molecular weight is 373 g/mol. The van der Waals surface area contributed by atoms with Crippen molar-refractivity contribution < 1.29 is 13.2 Å². The fourth-order valence-corrected chi connectivity index (χ4v) is 2.51. The Hall–Kier alpha value is -1.79. The standard InChI is InChI=1S/C17H16ClF3N2S/c18-15-7-6-13(10-14(15)17(19,20)21)11-23-16(24)22-9-8-12-4-2-1-3-5-12/h1-7,10H,8-9,11H2,(H2,22,23,24). The quantitative estimate of drug-likeness (QED) is 0.752. The summed E-state index contributed by atoms with van der Waals surface area (Å²) in [6, 6.07) is 13.7. The van der Waals surface area contributed by atoms with Crippen LogP contribution in [0.5, 0.6) is 0 Å². The van der Waals surface area contributed by atoms with Gasteiger partial charge in [-0.15, -0.1) is 0 Å². The summed E-state index contributed by atoms with van der Waals surface area (Å²) in [6.07, 6.45) is -3.66. The molecule has 0 aliphatic rings. The van der Waals surface area contributed by atoms with Gasteiger partial charge in [0.15, 0.2) is 5.11 Å². The molecule has 0 spiro atoms. The van der Waals surface area contributed by atoms with Crippen molar-refractivity contribution in [2.45, 2.75) is 19.1 Å². The summed E-state index contributed by atoms with van der Waals surface area (Å²) < 4.78 is 38.4. The zero-order valence-electron chi connectivity index (χ0n) is 12.7. The first-order valence-electron chi connectivity index (χ1n) is 7.27. The smallest absolute Gasteiger partial charge is 0.362 e. The van der Waals surface area contributed by atoms with Gasteiger partial charge < -0.3 is 10.6 Å². The highest BCUT2D eigenvalue weighted by Gasteiger charge is 2.33. The first kappa shape index (κ1) is 18.5. The first-order chi connectivity index (χ1) is 11.4.